The van der Waals surface area contributed by atoms with Crippen molar-refractivity contribution in [2.45, 2.75) is 12.8 Å². The van der Waals surface area contributed by atoms with Crippen LogP contribution in [0.15, 0.2) is 54.9 Å². The Bertz CT molecular complexity index is 836. The molecular weight excluding hydrogens is 312 g/mol. The molecule has 0 spiro atoms. The molecule has 1 amide bonds. The van der Waals surface area contributed by atoms with E-state index in [0.717, 1.165) is 29.0 Å². The van der Waals surface area contributed by atoms with Gasteiger partial charge in [0, 0.05) is 31.0 Å². The molecule has 0 aliphatic carbocycles. The summed E-state index contributed by atoms with van der Waals surface area (Å²) in [4.78, 5) is 19.3. The van der Waals surface area contributed by atoms with E-state index in [0.29, 0.717) is 6.54 Å². The Labute approximate surface area is 148 Å². The molecule has 0 bridgehead atoms. The second kappa shape index (κ2) is 7.49. The third kappa shape index (κ3) is 3.88. The number of benzene rings is 1. The SMILES string of the molecule is CC(C(=O)NCCN(C)C)c1ccccc1-c1cn2ccccc2n1. The summed E-state index contributed by atoms with van der Waals surface area (Å²) in [6, 6.07) is 13.9. The fourth-order valence-electron chi connectivity index (χ4n) is 2.87. The van der Waals surface area contributed by atoms with Crippen LogP contribution >= 0.6 is 0 Å². The normalized spacial score (nSPS) is 12.5. The third-order valence-corrected chi connectivity index (χ3v) is 4.32. The van der Waals surface area contributed by atoms with Crippen LogP contribution in [0.3, 0.4) is 0 Å². The van der Waals surface area contributed by atoms with Gasteiger partial charge in [0.2, 0.25) is 5.91 Å². The van der Waals surface area contributed by atoms with Crippen LogP contribution in [0.2, 0.25) is 0 Å². The van der Waals surface area contributed by atoms with Crippen molar-refractivity contribution in [3.8, 4) is 11.3 Å². The van der Waals surface area contributed by atoms with Crippen molar-refractivity contribution >= 4 is 11.6 Å². The van der Waals surface area contributed by atoms with E-state index in [4.69, 9.17) is 4.98 Å². The number of amides is 1. The van der Waals surface area contributed by atoms with Gasteiger partial charge in [-0.2, -0.15) is 0 Å². The Kier molecular flexibility index (Phi) is 5.14. The maximum Gasteiger partial charge on any atom is 0.227 e. The molecule has 0 fully saturated rings. The van der Waals surface area contributed by atoms with Crippen molar-refractivity contribution in [1.82, 2.24) is 19.6 Å². The van der Waals surface area contributed by atoms with Gasteiger partial charge in [-0.15, -0.1) is 0 Å². The highest BCUT2D eigenvalue weighted by molar-refractivity contribution is 5.86. The number of pyridine rings is 1. The molecule has 25 heavy (non-hydrogen) atoms. The molecule has 0 radical (unpaired) electrons. The summed E-state index contributed by atoms with van der Waals surface area (Å²) in [6.07, 6.45) is 3.98. The Balaban J connectivity index is 1.86. The van der Waals surface area contributed by atoms with Gasteiger partial charge in [-0.25, -0.2) is 4.98 Å². The molecule has 1 aromatic carbocycles. The quantitative estimate of drug-likeness (QED) is 0.753. The van der Waals surface area contributed by atoms with E-state index in [-0.39, 0.29) is 11.8 Å². The first-order valence-corrected chi connectivity index (χ1v) is 8.51. The first kappa shape index (κ1) is 17.2. The van der Waals surface area contributed by atoms with Crippen molar-refractivity contribution < 1.29 is 4.79 Å². The predicted octanol–water partition coefficient (Wildman–Crippen LogP) is 2.78. The minimum atomic E-state index is -0.233. The molecule has 0 saturated heterocycles. The molecule has 3 aromatic rings. The first-order chi connectivity index (χ1) is 12.1. The lowest BCUT2D eigenvalue weighted by atomic mass is 9.93. The number of rotatable bonds is 6. The zero-order valence-corrected chi connectivity index (χ0v) is 14.9. The number of imidazole rings is 1. The maximum absolute atomic E-state index is 12.5. The van der Waals surface area contributed by atoms with E-state index < -0.39 is 0 Å². The van der Waals surface area contributed by atoms with E-state index in [1.807, 2.05) is 80.3 Å². The van der Waals surface area contributed by atoms with Crippen molar-refractivity contribution in [1.29, 1.82) is 0 Å². The van der Waals surface area contributed by atoms with Crippen molar-refractivity contribution in [3.63, 3.8) is 0 Å². The van der Waals surface area contributed by atoms with Crippen LogP contribution in [0, 0.1) is 0 Å². The summed E-state index contributed by atoms with van der Waals surface area (Å²) in [5.74, 6) is -0.193. The van der Waals surface area contributed by atoms with E-state index in [9.17, 15) is 4.79 Å². The second-order valence-corrected chi connectivity index (χ2v) is 6.50. The van der Waals surface area contributed by atoms with Gasteiger partial charge < -0.3 is 14.6 Å². The van der Waals surface area contributed by atoms with E-state index >= 15 is 0 Å². The Morgan fingerprint density at radius 2 is 1.96 bits per heavy atom. The van der Waals surface area contributed by atoms with Crippen molar-refractivity contribution in [2.75, 3.05) is 27.2 Å². The number of hydrogen-bond donors (Lipinski definition) is 1. The zero-order valence-electron chi connectivity index (χ0n) is 14.9. The van der Waals surface area contributed by atoms with E-state index in [1.54, 1.807) is 0 Å². The molecule has 0 saturated carbocycles. The molecule has 1 unspecified atom stereocenters. The minimum absolute atomic E-state index is 0.0399. The van der Waals surface area contributed by atoms with Gasteiger partial charge in [-0.05, 0) is 38.7 Å². The maximum atomic E-state index is 12.5. The Hall–Kier alpha value is -2.66. The molecule has 0 aliphatic heterocycles. The number of nitrogens with zero attached hydrogens (tertiary/aromatic N) is 3. The lowest BCUT2D eigenvalue weighted by Crippen LogP contribution is -2.34. The van der Waals surface area contributed by atoms with Crippen LogP contribution in [-0.4, -0.2) is 47.4 Å². The predicted molar refractivity (Wildman–Crippen MR) is 101 cm³/mol. The number of carbonyl (C=O) groups is 1. The first-order valence-electron chi connectivity index (χ1n) is 8.51. The Morgan fingerprint density at radius 1 is 1.20 bits per heavy atom. The smallest absolute Gasteiger partial charge is 0.227 e. The van der Waals surface area contributed by atoms with E-state index in [2.05, 4.69) is 10.2 Å². The minimum Gasteiger partial charge on any atom is -0.354 e. The summed E-state index contributed by atoms with van der Waals surface area (Å²) >= 11 is 0. The standard InChI is InChI=1S/C20H24N4O/c1-15(20(25)21-11-13-23(2)3)16-8-4-5-9-17(16)18-14-24-12-7-6-10-19(24)22-18/h4-10,12,14-15H,11,13H2,1-3H3,(H,21,25). The van der Waals surface area contributed by atoms with Gasteiger partial charge in [0.05, 0.1) is 11.6 Å². The number of aromatic nitrogens is 2. The largest absolute Gasteiger partial charge is 0.354 e. The molecular formula is C20H24N4O. The fraction of sp³-hybridized carbons (Fsp3) is 0.300. The summed E-state index contributed by atoms with van der Waals surface area (Å²) in [6.45, 7) is 3.42. The molecule has 1 atom stereocenters. The number of hydrogen-bond acceptors (Lipinski definition) is 3. The molecule has 5 nitrogen and oxygen atoms in total. The monoisotopic (exact) mass is 336 g/mol. The fourth-order valence-corrected chi connectivity index (χ4v) is 2.87. The van der Waals surface area contributed by atoms with Crippen LogP contribution in [0.1, 0.15) is 18.4 Å². The average Bonchev–Trinajstić information content (AvgIpc) is 3.04. The molecule has 2 heterocycles. The van der Waals surface area contributed by atoms with E-state index in [1.165, 1.54) is 0 Å². The Morgan fingerprint density at radius 3 is 2.72 bits per heavy atom. The highest BCUT2D eigenvalue weighted by Crippen LogP contribution is 2.29. The molecule has 0 aliphatic rings. The molecule has 3 rings (SSSR count). The van der Waals surface area contributed by atoms with Crippen LogP contribution in [0.4, 0.5) is 0 Å². The highest BCUT2D eigenvalue weighted by atomic mass is 16.1. The lowest BCUT2D eigenvalue weighted by Gasteiger charge is -2.17. The molecule has 130 valence electrons. The van der Waals surface area contributed by atoms with Gasteiger partial charge >= 0.3 is 0 Å². The molecule has 5 heteroatoms. The topological polar surface area (TPSA) is 49.6 Å². The third-order valence-electron chi connectivity index (χ3n) is 4.32. The van der Waals surface area contributed by atoms with Gasteiger partial charge in [0.25, 0.3) is 0 Å². The van der Waals surface area contributed by atoms with Gasteiger partial charge in [-0.3, -0.25) is 4.79 Å². The lowest BCUT2D eigenvalue weighted by molar-refractivity contribution is -0.122. The molecule has 1 N–H and O–H groups in total. The van der Waals surface area contributed by atoms with Crippen LogP contribution in [0.25, 0.3) is 16.9 Å². The average molecular weight is 336 g/mol. The van der Waals surface area contributed by atoms with Crippen LogP contribution in [0.5, 0.6) is 0 Å². The summed E-state index contributed by atoms with van der Waals surface area (Å²) in [5, 5.41) is 3.01. The number of nitrogens with one attached hydrogen (secondary N) is 1. The summed E-state index contributed by atoms with van der Waals surface area (Å²) in [7, 11) is 3.99. The number of carbonyl (C=O) groups excluding carboxylic acids is 1. The number of likely N-dealkylation sites (N-methyl/N-ethyl adjacent to an activating group) is 1. The summed E-state index contributed by atoms with van der Waals surface area (Å²) in [5.41, 5.74) is 3.78. The van der Waals surface area contributed by atoms with Crippen LogP contribution in [-0.2, 0) is 4.79 Å². The van der Waals surface area contributed by atoms with Crippen molar-refractivity contribution in [2.24, 2.45) is 0 Å². The van der Waals surface area contributed by atoms with Crippen molar-refractivity contribution in [3.05, 3.63) is 60.4 Å². The van der Waals surface area contributed by atoms with Gasteiger partial charge in [0.15, 0.2) is 0 Å². The highest BCUT2D eigenvalue weighted by Gasteiger charge is 2.19. The van der Waals surface area contributed by atoms with Gasteiger partial charge in [-0.1, -0.05) is 30.3 Å². The summed E-state index contributed by atoms with van der Waals surface area (Å²) < 4.78 is 1.99. The van der Waals surface area contributed by atoms with Crippen LogP contribution < -0.4 is 5.32 Å². The second-order valence-electron chi connectivity index (χ2n) is 6.50. The zero-order chi connectivity index (χ0) is 17.8. The number of fused-ring (bicyclic) bond motifs is 1. The molecule has 2 aromatic heterocycles. The van der Waals surface area contributed by atoms with Gasteiger partial charge in [0.1, 0.15) is 5.65 Å².